The second kappa shape index (κ2) is 7.32. The quantitative estimate of drug-likeness (QED) is 0.571. The van der Waals surface area contributed by atoms with E-state index in [2.05, 4.69) is 20.1 Å². The molecule has 0 aliphatic heterocycles. The number of halogens is 1. The first kappa shape index (κ1) is 16.9. The van der Waals surface area contributed by atoms with Gasteiger partial charge in [-0.05, 0) is 44.2 Å². The molecule has 0 bridgehead atoms. The minimum Gasteiger partial charge on any atom is -0.318 e. The summed E-state index contributed by atoms with van der Waals surface area (Å²) in [5.74, 6) is -0.343. The lowest BCUT2D eigenvalue weighted by Crippen LogP contribution is -2.18. The number of hydrazone groups is 1. The fourth-order valence-corrected chi connectivity index (χ4v) is 2.90. The van der Waals surface area contributed by atoms with Crippen molar-refractivity contribution in [1.82, 2.24) is 15.0 Å². The molecule has 126 valence electrons. The molecule has 0 aliphatic rings. The second-order valence-electron chi connectivity index (χ2n) is 5.55. The Balaban J connectivity index is 1.79. The molecule has 0 fully saturated rings. The van der Waals surface area contributed by atoms with Crippen LogP contribution >= 0.6 is 11.6 Å². The third-order valence-corrected chi connectivity index (χ3v) is 4.21. The van der Waals surface area contributed by atoms with Crippen LogP contribution in [-0.4, -0.2) is 21.7 Å². The number of aryl methyl sites for hydroxylation is 1. The number of amides is 1. The molecule has 2 heterocycles. The molecule has 0 atom stereocenters. The molecule has 2 aromatic heterocycles. The predicted octanol–water partition coefficient (Wildman–Crippen LogP) is 3.91. The number of rotatable bonds is 4. The lowest BCUT2D eigenvalue weighted by molar-refractivity contribution is 0.0955. The van der Waals surface area contributed by atoms with Crippen molar-refractivity contribution >= 4 is 23.7 Å². The van der Waals surface area contributed by atoms with Crippen molar-refractivity contribution < 1.29 is 4.79 Å². The summed E-state index contributed by atoms with van der Waals surface area (Å²) in [5.41, 5.74) is 6.96. The van der Waals surface area contributed by atoms with E-state index in [0.29, 0.717) is 10.6 Å². The van der Waals surface area contributed by atoms with E-state index in [0.717, 1.165) is 22.6 Å². The molecule has 25 heavy (non-hydrogen) atoms. The van der Waals surface area contributed by atoms with Gasteiger partial charge in [0.25, 0.3) is 5.91 Å². The summed E-state index contributed by atoms with van der Waals surface area (Å²) in [5, 5.41) is 4.45. The third kappa shape index (κ3) is 3.61. The van der Waals surface area contributed by atoms with Gasteiger partial charge in [-0.15, -0.1) is 0 Å². The highest BCUT2D eigenvalue weighted by Crippen LogP contribution is 2.19. The molecular formula is C19H17ClN4O. The van der Waals surface area contributed by atoms with Crippen LogP contribution in [0, 0.1) is 13.8 Å². The van der Waals surface area contributed by atoms with Crippen LogP contribution < -0.4 is 5.43 Å². The Morgan fingerprint density at radius 2 is 1.92 bits per heavy atom. The number of carbonyl (C=O) groups is 1. The average Bonchev–Trinajstić information content (AvgIpc) is 2.89. The average molecular weight is 353 g/mol. The maximum Gasteiger partial charge on any atom is 0.272 e. The molecule has 3 rings (SSSR count). The van der Waals surface area contributed by atoms with Gasteiger partial charge in [-0.2, -0.15) is 5.10 Å². The van der Waals surface area contributed by atoms with Gasteiger partial charge in [0.1, 0.15) is 0 Å². The van der Waals surface area contributed by atoms with Gasteiger partial charge in [0.15, 0.2) is 0 Å². The number of aromatic nitrogens is 2. The monoisotopic (exact) mass is 352 g/mol. The van der Waals surface area contributed by atoms with E-state index in [1.165, 1.54) is 0 Å². The first-order chi connectivity index (χ1) is 12.1. The zero-order valence-corrected chi connectivity index (χ0v) is 14.7. The highest BCUT2D eigenvalue weighted by Gasteiger charge is 2.10. The van der Waals surface area contributed by atoms with Crippen LogP contribution in [0.5, 0.6) is 0 Å². The van der Waals surface area contributed by atoms with Crippen molar-refractivity contribution in [1.29, 1.82) is 0 Å². The van der Waals surface area contributed by atoms with Gasteiger partial charge in [-0.25, -0.2) is 5.43 Å². The van der Waals surface area contributed by atoms with E-state index < -0.39 is 0 Å². The summed E-state index contributed by atoms with van der Waals surface area (Å²) in [4.78, 5) is 16.2. The van der Waals surface area contributed by atoms with Crippen molar-refractivity contribution in [2.24, 2.45) is 5.10 Å². The third-order valence-electron chi connectivity index (χ3n) is 3.88. The normalized spacial score (nSPS) is 11.0. The molecule has 0 spiro atoms. The first-order valence-electron chi connectivity index (χ1n) is 7.75. The topological polar surface area (TPSA) is 59.3 Å². The Morgan fingerprint density at radius 1 is 1.20 bits per heavy atom. The minimum absolute atomic E-state index is 0.343. The van der Waals surface area contributed by atoms with E-state index >= 15 is 0 Å². The fourth-order valence-electron chi connectivity index (χ4n) is 2.67. The van der Waals surface area contributed by atoms with Crippen LogP contribution in [0.4, 0.5) is 0 Å². The van der Waals surface area contributed by atoms with E-state index in [1.807, 2.05) is 32.0 Å². The molecule has 1 amide bonds. The van der Waals surface area contributed by atoms with E-state index in [9.17, 15) is 4.79 Å². The van der Waals surface area contributed by atoms with E-state index in [1.54, 1.807) is 42.9 Å². The number of nitrogens with one attached hydrogen (secondary N) is 1. The number of benzene rings is 1. The molecule has 3 aromatic rings. The lowest BCUT2D eigenvalue weighted by atomic mass is 10.2. The zero-order chi connectivity index (χ0) is 17.8. The Morgan fingerprint density at radius 3 is 2.64 bits per heavy atom. The second-order valence-corrected chi connectivity index (χ2v) is 5.95. The fraction of sp³-hybridized carbons (Fsp3) is 0.105. The van der Waals surface area contributed by atoms with Gasteiger partial charge in [-0.1, -0.05) is 23.7 Å². The lowest BCUT2D eigenvalue weighted by Gasteiger charge is -2.08. The number of hydrogen-bond acceptors (Lipinski definition) is 3. The molecule has 1 N–H and O–H groups in total. The molecule has 0 radical (unpaired) electrons. The summed E-state index contributed by atoms with van der Waals surface area (Å²) in [6, 6.07) is 12.8. The Labute approximate surface area is 151 Å². The maximum absolute atomic E-state index is 12.1. The zero-order valence-electron chi connectivity index (χ0n) is 13.9. The standard InChI is InChI=1S/C19H17ClN4O/c1-13-11-15(14(2)24(13)16-7-9-21-10-8-16)12-22-23-19(25)17-5-3-4-6-18(17)20/h3-12H,1-2H3,(H,23,25)/b22-12-. The summed E-state index contributed by atoms with van der Waals surface area (Å²) in [6.45, 7) is 4.03. The molecule has 0 aliphatic carbocycles. The van der Waals surface area contributed by atoms with Gasteiger partial charge in [0.05, 0.1) is 16.8 Å². The van der Waals surface area contributed by atoms with Crippen molar-refractivity contribution in [3.63, 3.8) is 0 Å². The molecule has 0 unspecified atom stereocenters. The van der Waals surface area contributed by atoms with E-state index in [-0.39, 0.29) is 5.91 Å². The summed E-state index contributed by atoms with van der Waals surface area (Å²) in [7, 11) is 0. The SMILES string of the molecule is Cc1cc(/C=N\NC(=O)c2ccccc2Cl)c(C)n1-c1ccncc1. The van der Waals surface area contributed by atoms with Crippen LogP contribution in [0.15, 0.2) is 60.0 Å². The van der Waals surface area contributed by atoms with Crippen LogP contribution in [0.2, 0.25) is 5.02 Å². The van der Waals surface area contributed by atoms with Gasteiger partial charge >= 0.3 is 0 Å². The Hall–Kier alpha value is -2.92. The molecular weight excluding hydrogens is 336 g/mol. The largest absolute Gasteiger partial charge is 0.318 e. The summed E-state index contributed by atoms with van der Waals surface area (Å²) < 4.78 is 2.11. The number of hydrogen-bond donors (Lipinski definition) is 1. The van der Waals surface area contributed by atoms with Crippen molar-refractivity contribution in [2.45, 2.75) is 13.8 Å². The molecule has 1 aromatic carbocycles. The summed E-state index contributed by atoms with van der Waals surface area (Å²) >= 11 is 6.01. The maximum atomic E-state index is 12.1. The van der Waals surface area contributed by atoms with Crippen molar-refractivity contribution in [3.8, 4) is 5.69 Å². The van der Waals surface area contributed by atoms with Gasteiger partial charge in [0.2, 0.25) is 0 Å². The Kier molecular flexibility index (Phi) is 4.95. The predicted molar refractivity (Wildman–Crippen MR) is 99.6 cm³/mol. The van der Waals surface area contributed by atoms with Gasteiger partial charge in [-0.3, -0.25) is 9.78 Å². The van der Waals surface area contributed by atoms with Gasteiger partial charge in [0, 0.05) is 35.0 Å². The Bertz CT molecular complexity index is 932. The van der Waals surface area contributed by atoms with Crippen LogP contribution in [0.3, 0.4) is 0 Å². The van der Waals surface area contributed by atoms with Crippen molar-refractivity contribution in [2.75, 3.05) is 0 Å². The molecule has 0 saturated carbocycles. The van der Waals surface area contributed by atoms with Crippen molar-refractivity contribution in [3.05, 3.63) is 82.4 Å². The van der Waals surface area contributed by atoms with Crippen LogP contribution in [0.25, 0.3) is 5.69 Å². The number of pyridine rings is 1. The first-order valence-corrected chi connectivity index (χ1v) is 8.13. The molecule has 6 heteroatoms. The molecule has 5 nitrogen and oxygen atoms in total. The van der Waals surface area contributed by atoms with Crippen LogP contribution in [0.1, 0.15) is 27.3 Å². The van der Waals surface area contributed by atoms with E-state index in [4.69, 9.17) is 11.6 Å². The number of carbonyl (C=O) groups excluding carboxylic acids is 1. The highest BCUT2D eigenvalue weighted by molar-refractivity contribution is 6.33. The molecule has 0 saturated heterocycles. The summed E-state index contributed by atoms with van der Waals surface area (Å²) in [6.07, 6.45) is 5.15. The highest BCUT2D eigenvalue weighted by atomic mass is 35.5. The smallest absolute Gasteiger partial charge is 0.272 e. The van der Waals surface area contributed by atoms with Crippen LogP contribution in [-0.2, 0) is 0 Å². The minimum atomic E-state index is -0.343. The number of nitrogens with zero attached hydrogens (tertiary/aromatic N) is 3. The van der Waals surface area contributed by atoms with Gasteiger partial charge < -0.3 is 4.57 Å².